The second-order valence-electron chi connectivity index (χ2n) is 4.63. The molecule has 1 aromatic heterocycles. The standard InChI is InChI=1S/C15H15F2NO2S/c1-9(13-6-3-7-21-13)15(20)18-8-12(19)14-10(16)4-2-5-11(14)17/h2-7,9,12,19H,8H2,1H3,(H,18,20)/t9-,12+/m0/s1. The molecule has 6 heteroatoms. The molecular formula is C15H15F2NO2S. The normalized spacial score (nSPS) is 13.7. The molecule has 0 spiro atoms. The molecule has 0 aliphatic carbocycles. The van der Waals surface area contributed by atoms with E-state index in [4.69, 9.17) is 0 Å². The SMILES string of the molecule is C[C@H](C(=O)NC[C@@H](O)c1c(F)cccc1F)c1cccs1. The topological polar surface area (TPSA) is 49.3 Å². The van der Waals surface area contributed by atoms with E-state index in [0.29, 0.717) is 0 Å². The molecule has 1 amide bonds. The average molecular weight is 311 g/mol. The molecule has 0 saturated heterocycles. The molecule has 1 heterocycles. The third kappa shape index (κ3) is 3.65. The quantitative estimate of drug-likeness (QED) is 0.892. The second-order valence-corrected chi connectivity index (χ2v) is 5.61. The van der Waals surface area contributed by atoms with Crippen molar-refractivity contribution in [1.82, 2.24) is 5.32 Å². The number of aliphatic hydroxyl groups excluding tert-OH is 1. The van der Waals surface area contributed by atoms with Crippen LogP contribution in [0.25, 0.3) is 0 Å². The van der Waals surface area contributed by atoms with Crippen LogP contribution in [-0.2, 0) is 4.79 Å². The number of hydrogen-bond acceptors (Lipinski definition) is 3. The number of amides is 1. The Balaban J connectivity index is 1.98. The van der Waals surface area contributed by atoms with Crippen LogP contribution in [0.15, 0.2) is 35.7 Å². The molecule has 3 nitrogen and oxygen atoms in total. The van der Waals surface area contributed by atoms with Gasteiger partial charge in [-0.15, -0.1) is 11.3 Å². The van der Waals surface area contributed by atoms with Crippen molar-refractivity contribution < 1.29 is 18.7 Å². The van der Waals surface area contributed by atoms with Gasteiger partial charge in [0.1, 0.15) is 17.7 Å². The van der Waals surface area contributed by atoms with E-state index in [-0.39, 0.29) is 18.4 Å². The van der Waals surface area contributed by atoms with Gasteiger partial charge in [-0.1, -0.05) is 12.1 Å². The Morgan fingerprint density at radius 2 is 1.95 bits per heavy atom. The fraction of sp³-hybridized carbons (Fsp3) is 0.267. The van der Waals surface area contributed by atoms with E-state index in [1.807, 2.05) is 17.5 Å². The fourth-order valence-electron chi connectivity index (χ4n) is 1.95. The summed E-state index contributed by atoms with van der Waals surface area (Å²) in [4.78, 5) is 12.8. The molecule has 0 unspecified atom stereocenters. The minimum absolute atomic E-state index is 0.244. The molecule has 21 heavy (non-hydrogen) atoms. The number of thiophene rings is 1. The predicted molar refractivity (Wildman–Crippen MR) is 77.1 cm³/mol. The first-order valence-electron chi connectivity index (χ1n) is 6.43. The third-order valence-corrected chi connectivity index (χ3v) is 4.22. The number of halogens is 2. The summed E-state index contributed by atoms with van der Waals surface area (Å²) < 4.78 is 27.0. The van der Waals surface area contributed by atoms with Crippen LogP contribution in [0.5, 0.6) is 0 Å². The lowest BCUT2D eigenvalue weighted by Gasteiger charge is -2.16. The molecule has 0 radical (unpaired) electrons. The van der Waals surface area contributed by atoms with Gasteiger partial charge in [-0.2, -0.15) is 0 Å². The molecule has 2 atom stereocenters. The lowest BCUT2D eigenvalue weighted by Crippen LogP contribution is -2.32. The highest BCUT2D eigenvalue weighted by molar-refractivity contribution is 7.10. The van der Waals surface area contributed by atoms with Crippen LogP contribution >= 0.6 is 11.3 Å². The van der Waals surface area contributed by atoms with Crippen molar-refractivity contribution in [3.63, 3.8) is 0 Å². The monoisotopic (exact) mass is 311 g/mol. The lowest BCUT2D eigenvalue weighted by molar-refractivity contribution is -0.122. The van der Waals surface area contributed by atoms with E-state index in [9.17, 15) is 18.7 Å². The van der Waals surface area contributed by atoms with E-state index in [1.54, 1.807) is 6.92 Å². The smallest absolute Gasteiger partial charge is 0.228 e. The molecule has 0 aliphatic rings. The summed E-state index contributed by atoms with van der Waals surface area (Å²) in [5.74, 6) is -2.33. The van der Waals surface area contributed by atoms with Gasteiger partial charge in [-0.3, -0.25) is 4.79 Å². The Kier molecular flexibility index (Phi) is 5.03. The van der Waals surface area contributed by atoms with Crippen molar-refractivity contribution in [2.75, 3.05) is 6.54 Å². The first kappa shape index (κ1) is 15.6. The van der Waals surface area contributed by atoms with E-state index >= 15 is 0 Å². The number of nitrogens with one attached hydrogen (secondary N) is 1. The van der Waals surface area contributed by atoms with Gasteiger partial charge >= 0.3 is 0 Å². The van der Waals surface area contributed by atoms with Crippen molar-refractivity contribution in [3.05, 3.63) is 57.8 Å². The Bertz CT molecular complexity index is 596. The number of hydrogen-bond donors (Lipinski definition) is 2. The summed E-state index contributed by atoms with van der Waals surface area (Å²) in [5, 5.41) is 14.2. The highest BCUT2D eigenvalue weighted by Gasteiger charge is 2.21. The van der Waals surface area contributed by atoms with Crippen molar-refractivity contribution >= 4 is 17.2 Å². The van der Waals surface area contributed by atoms with Gasteiger partial charge in [0.25, 0.3) is 0 Å². The minimum atomic E-state index is -1.43. The van der Waals surface area contributed by atoms with Crippen molar-refractivity contribution in [2.24, 2.45) is 0 Å². The zero-order valence-electron chi connectivity index (χ0n) is 11.3. The first-order chi connectivity index (χ1) is 10.0. The van der Waals surface area contributed by atoms with Crippen LogP contribution in [-0.4, -0.2) is 17.6 Å². The summed E-state index contributed by atoms with van der Waals surface area (Å²) in [5.41, 5.74) is -0.429. The lowest BCUT2D eigenvalue weighted by atomic mass is 10.1. The van der Waals surface area contributed by atoms with Gasteiger partial charge in [0.2, 0.25) is 5.91 Å². The summed E-state index contributed by atoms with van der Waals surface area (Å²) in [6, 6.07) is 7.03. The molecule has 0 aliphatic heterocycles. The largest absolute Gasteiger partial charge is 0.386 e. The Hall–Kier alpha value is -1.79. The Morgan fingerprint density at radius 1 is 1.29 bits per heavy atom. The number of aliphatic hydroxyl groups is 1. The van der Waals surface area contributed by atoms with Crippen LogP contribution in [0.1, 0.15) is 29.4 Å². The maximum absolute atomic E-state index is 13.5. The summed E-state index contributed by atoms with van der Waals surface area (Å²) >= 11 is 1.45. The molecule has 112 valence electrons. The third-order valence-electron chi connectivity index (χ3n) is 3.17. The van der Waals surface area contributed by atoms with E-state index in [2.05, 4.69) is 5.32 Å². The van der Waals surface area contributed by atoms with Gasteiger partial charge in [-0.25, -0.2) is 8.78 Å². The van der Waals surface area contributed by atoms with Crippen LogP contribution in [0.4, 0.5) is 8.78 Å². The second kappa shape index (κ2) is 6.78. The number of carbonyl (C=O) groups is 1. The molecule has 1 aromatic carbocycles. The molecule has 0 fully saturated rings. The first-order valence-corrected chi connectivity index (χ1v) is 7.31. The number of benzene rings is 1. The fourth-order valence-corrected chi connectivity index (χ4v) is 2.73. The van der Waals surface area contributed by atoms with Gasteiger partial charge in [0.05, 0.1) is 11.5 Å². The van der Waals surface area contributed by atoms with Crippen molar-refractivity contribution in [1.29, 1.82) is 0 Å². The summed E-state index contributed by atoms with van der Waals surface area (Å²) in [6.45, 7) is 1.49. The molecule has 2 rings (SSSR count). The zero-order chi connectivity index (χ0) is 15.4. The number of rotatable bonds is 5. The predicted octanol–water partition coefficient (Wildman–Crippen LogP) is 2.98. The van der Waals surface area contributed by atoms with Crippen LogP contribution in [0.2, 0.25) is 0 Å². The van der Waals surface area contributed by atoms with Crippen LogP contribution in [0.3, 0.4) is 0 Å². The minimum Gasteiger partial charge on any atom is -0.386 e. The Labute approximate surface area is 125 Å². The molecular weight excluding hydrogens is 296 g/mol. The summed E-state index contributed by atoms with van der Waals surface area (Å²) in [7, 11) is 0. The molecule has 2 N–H and O–H groups in total. The van der Waals surface area contributed by atoms with Gasteiger partial charge in [0.15, 0.2) is 0 Å². The average Bonchev–Trinajstić information content (AvgIpc) is 2.97. The Morgan fingerprint density at radius 3 is 2.52 bits per heavy atom. The highest BCUT2D eigenvalue weighted by atomic mass is 32.1. The van der Waals surface area contributed by atoms with Crippen LogP contribution in [0, 0.1) is 11.6 Å². The molecule has 0 bridgehead atoms. The van der Waals surface area contributed by atoms with Gasteiger partial charge in [0, 0.05) is 11.4 Å². The van der Waals surface area contributed by atoms with E-state index < -0.39 is 23.3 Å². The maximum Gasteiger partial charge on any atom is 0.228 e. The molecule has 0 saturated carbocycles. The molecule has 2 aromatic rings. The highest BCUT2D eigenvalue weighted by Crippen LogP contribution is 2.22. The van der Waals surface area contributed by atoms with Crippen LogP contribution < -0.4 is 5.32 Å². The summed E-state index contributed by atoms with van der Waals surface area (Å²) in [6.07, 6.45) is -1.43. The number of carbonyl (C=O) groups excluding carboxylic acids is 1. The maximum atomic E-state index is 13.5. The van der Waals surface area contributed by atoms with Gasteiger partial charge < -0.3 is 10.4 Å². The van der Waals surface area contributed by atoms with Crippen molar-refractivity contribution in [3.8, 4) is 0 Å². The van der Waals surface area contributed by atoms with E-state index in [0.717, 1.165) is 17.0 Å². The zero-order valence-corrected chi connectivity index (χ0v) is 12.2. The van der Waals surface area contributed by atoms with E-state index in [1.165, 1.54) is 17.4 Å². The van der Waals surface area contributed by atoms with Crippen molar-refractivity contribution in [2.45, 2.75) is 18.9 Å². The van der Waals surface area contributed by atoms with Gasteiger partial charge in [-0.05, 0) is 30.5 Å².